The van der Waals surface area contributed by atoms with Crippen molar-refractivity contribution in [2.24, 2.45) is 11.1 Å². The quantitative estimate of drug-likeness (QED) is 0.396. The molecule has 176 valence electrons. The predicted octanol–water partition coefficient (Wildman–Crippen LogP) is 2.67. The number of hydrogen-bond acceptors (Lipinski definition) is 8. The van der Waals surface area contributed by atoms with E-state index in [1.165, 1.54) is 11.0 Å². The number of nitrogens with one attached hydrogen (secondary N) is 2. The monoisotopic (exact) mass is 462 g/mol. The molecule has 34 heavy (non-hydrogen) atoms. The summed E-state index contributed by atoms with van der Waals surface area (Å²) in [6, 6.07) is 5.63. The summed E-state index contributed by atoms with van der Waals surface area (Å²) in [6.45, 7) is 7.42. The summed E-state index contributed by atoms with van der Waals surface area (Å²) in [6.07, 6.45) is 4.94. The summed E-state index contributed by atoms with van der Waals surface area (Å²) in [5, 5.41) is 8.59. The first-order valence-electron chi connectivity index (χ1n) is 11.0. The number of hydrogen-bond donors (Lipinski definition) is 3. The minimum atomic E-state index is -0.454. The van der Waals surface area contributed by atoms with E-state index in [0.29, 0.717) is 36.3 Å². The number of pyridine rings is 1. The largest absolute Gasteiger partial charge is 0.484 e. The summed E-state index contributed by atoms with van der Waals surface area (Å²) in [5.74, 6) is 1.38. The molecule has 0 saturated heterocycles. The van der Waals surface area contributed by atoms with E-state index in [2.05, 4.69) is 46.1 Å². The number of H-pyrrole nitrogens is 1. The third kappa shape index (κ3) is 4.24. The van der Waals surface area contributed by atoms with Crippen LogP contribution in [0.1, 0.15) is 32.5 Å². The van der Waals surface area contributed by atoms with Crippen LogP contribution in [0.25, 0.3) is 22.3 Å². The number of nitrogens with two attached hydrogens (primary N) is 1. The Hall–Kier alpha value is -4.15. The van der Waals surface area contributed by atoms with Gasteiger partial charge in [0.2, 0.25) is 5.91 Å². The zero-order valence-electron chi connectivity index (χ0n) is 19.2. The third-order valence-electron chi connectivity index (χ3n) is 5.56. The van der Waals surface area contributed by atoms with Crippen molar-refractivity contribution in [1.82, 2.24) is 29.7 Å². The lowest BCUT2D eigenvalue weighted by molar-refractivity contribution is -0.118. The Balaban J connectivity index is 1.49. The van der Waals surface area contributed by atoms with Gasteiger partial charge in [-0.2, -0.15) is 5.10 Å². The highest BCUT2D eigenvalue weighted by atomic mass is 16.6. The molecule has 1 atom stereocenters. The first kappa shape index (κ1) is 21.7. The maximum atomic E-state index is 11.2. The molecule has 0 saturated carbocycles. The lowest BCUT2D eigenvalue weighted by Gasteiger charge is -2.32. The predicted molar refractivity (Wildman–Crippen MR) is 125 cm³/mol. The van der Waals surface area contributed by atoms with E-state index in [1.807, 2.05) is 18.2 Å². The Bertz CT molecular complexity index is 1350. The second-order valence-corrected chi connectivity index (χ2v) is 9.24. The molecule has 5 rings (SSSR count). The summed E-state index contributed by atoms with van der Waals surface area (Å²) >= 11 is 0. The van der Waals surface area contributed by atoms with E-state index in [-0.39, 0.29) is 18.0 Å². The van der Waals surface area contributed by atoms with Crippen molar-refractivity contribution < 1.29 is 14.3 Å². The van der Waals surface area contributed by atoms with E-state index < -0.39 is 5.91 Å². The maximum Gasteiger partial charge on any atom is 0.257 e. The van der Waals surface area contributed by atoms with Gasteiger partial charge in [-0.05, 0) is 23.6 Å². The summed E-state index contributed by atoms with van der Waals surface area (Å²) in [5.41, 5.74) is 8.20. The minimum absolute atomic E-state index is 0.0165. The fourth-order valence-corrected chi connectivity index (χ4v) is 3.94. The van der Waals surface area contributed by atoms with Crippen molar-refractivity contribution in [2.75, 3.05) is 18.5 Å². The van der Waals surface area contributed by atoms with Gasteiger partial charge in [-0.25, -0.2) is 15.0 Å². The number of carbonyl (C=O) groups excluding carboxylic acids is 1. The van der Waals surface area contributed by atoms with Gasteiger partial charge in [-0.3, -0.25) is 9.48 Å². The molecule has 0 bridgehead atoms. The van der Waals surface area contributed by atoms with Crippen LogP contribution < -0.4 is 20.5 Å². The van der Waals surface area contributed by atoms with Gasteiger partial charge in [-0.15, -0.1) is 0 Å². The molecule has 0 aromatic carbocycles. The normalized spacial score (nSPS) is 14.2. The highest BCUT2D eigenvalue weighted by Crippen LogP contribution is 2.39. The fraction of sp³-hybridized carbons (Fsp3) is 0.348. The highest BCUT2D eigenvalue weighted by molar-refractivity contribution is 5.91. The minimum Gasteiger partial charge on any atom is -0.484 e. The van der Waals surface area contributed by atoms with Crippen LogP contribution in [0.4, 0.5) is 5.82 Å². The molecule has 0 spiro atoms. The number of anilines is 1. The standard InChI is InChI=1S/C23H26N8O3/c1-23(2,3)19(15-4-5-17-22(29-15)34-7-6-33-17)30-21-14-8-16(28-20(14)25-12-26-21)13-9-27-31(10-13)11-18(24)32/h4-5,8-10,12,19H,6-7,11H2,1-3H3,(H2,24,32)(H2,25,26,28,30)/t19-/m0/s1. The molecule has 0 unspecified atom stereocenters. The number of ether oxygens (including phenoxy) is 2. The van der Waals surface area contributed by atoms with Crippen molar-refractivity contribution >= 4 is 22.8 Å². The SMILES string of the molecule is CC(C)(C)[C@@H](Nc1ncnc2[nH]c(-c3cnn(CC(N)=O)c3)cc12)c1ccc2c(n1)OCCO2. The third-order valence-corrected chi connectivity index (χ3v) is 5.56. The van der Waals surface area contributed by atoms with Gasteiger partial charge in [-0.1, -0.05) is 20.8 Å². The maximum absolute atomic E-state index is 11.2. The number of amides is 1. The van der Waals surface area contributed by atoms with Crippen LogP contribution in [0.15, 0.2) is 36.9 Å². The summed E-state index contributed by atoms with van der Waals surface area (Å²) in [7, 11) is 0. The second kappa shape index (κ2) is 8.32. The Morgan fingerprint density at radius 1 is 1.26 bits per heavy atom. The van der Waals surface area contributed by atoms with Crippen molar-refractivity contribution in [2.45, 2.75) is 33.4 Å². The Kier molecular flexibility index (Phi) is 5.31. The van der Waals surface area contributed by atoms with Crippen molar-refractivity contribution in [3.05, 3.63) is 42.6 Å². The molecule has 11 nitrogen and oxygen atoms in total. The highest BCUT2D eigenvalue weighted by Gasteiger charge is 2.30. The van der Waals surface area contributed by atoms with Gasteiger partial charge in [0, 0.05) is 11.8 Å². The van der Waals surface area contributed by atoms with E-state index in [4.69, 9.17) is 20.2 Å². The van der Waals surface area contributed by atoms with Crippen LogP contribution in [0.5, 0.6) is 11.6 Å². The van der Waals surface area contributed by atoms with E-state index in [1.54, 1.807) is 12.4 Å². The van der Waals surface area contributed by atoms with Crippen LogP contribution in [0, 0.1) is 5.41 Å². The van der Waals surface area contributed by atoms with E-state index >= 15 is 0 Å². The summed E-state index contributed by atoms with van der Waals surface area (Å²) < 4.78 is 12.8. The van der Waals surface area contributed by atoms with Crippen LogP contribution in [-0.2, 0) is 11.3 Å². The number of rotatable bonds is 6. The van der Waals surface area contributed by atoms with Gasteiger partial charge >= 0.3 is 0 Å². The fourth-order valence-electron chi connectivity index (χ4n) is 3.94. The zero-order valence-corrected chi connectivity index (χ0v) is 19.2. The van der Waals surface area contributed by atoms with Gasteiger partial charge in [0.05, 0.1) is 29.0 Å². The number of nitrogens with zero attached hydrogens (tertiary/aromatic N) is 5. The number of fused-ring (bicyclic) bond motifs is 2. The lowest BCUT2D eigenvalue weighted by Crippen LogP contribution is -2.28. The average Bonchev–Trinajstić information content (AvgIpc) is 3.43. The van der Waals surface area contributed by atoms with Gasteiger partial charge in [0.15, 0.2) is 5.75 Å². The van der Waals surface area contributed by atoms with E-state index in [0.717, 1.165) is 22.3 Å². The van der Waals surface area contributed by atoms with Crippen LogP contribution in [0.2, 0.25) is 0 Å². The molecular formula is C23H26N8O3. The summed E-state index contributed by atoms with van der Waals surface area (Å²) in [4.78, 5) is 28.1. The number of carbonyl (C=O) groups is 1. The number of primary amides is 1. The molecule has 4 aromatic rings. The van der Waals surface area contributed by atoms with Gasteiger partial charge in [0.25, 0.3) is 5.88 Å². The Morgan fingerprint density at radius 3 is 2.88 bits per heavy atom. The topological polar surface area (TPSA) is 146 Å². The molecule has 11 heteroatoms. The van der Waals surface area contributed by atoms with Crippen molar-refractivity contribution in [1.29, 1.82) is 0 Å². The lowest BCUT2D eigenvalue weighted by atomic mass is 9.84. The van der Waals surface area contributed by atoms with Crippen molar-refractivity contribution in [3.63, 3.8) is 0 Å². The van der Waals surface area contributed by atoms with E-state index in [9.17, 15) is 4.79 Å². The average molecular weight is 463 g/mol. The number of aromatic nitrogens is 6. The molecule has 0 aliphatic carbocycles. The first-order valence-corrected chi connectivity index (χ1v) is 11.0. The molecule has 0 fully saturated rings. The smallest absolute Gasteiger partial charge is 0.257 e. The van der Waals surface area contributed by atoms with Crippen LogP contribution in [-0.4, -0.2) is 48.8 Å². The number of aromatic amines is 1. The molecule has 4 aromatic heterocycles. The molecule has 5 heterocycles. The molecule has 4 N–H and O–H groups in total. The molecular weight excluding hydrogens is 436 g/mol. The first-order chi connectivity index (χ1) is 16.3. The zero-order chi connectivity index (χ0) is 23.9. The second-order valence-electron chi connectivity index (χ2n) is 9.24. The van der Waals surface area contributed by atoms with Crippen LogP contribution in [0.3, 0.4) is 0 Å². The molecule has 1 amide bonds. The van der Waals surface area contributed by atoms with Crippen LogP contribution >= 0.6 is 0 Å². The van der Waals surface area contributed by atoms with Crippen molar-refractivity contribution in [3.8, 4) is 22.9 Å². The molecule has 0 radical (unpaired) electrons. The Morgan fingerprint density at radius 2 is 2.09 bits per heavy atom. The van der Waals surface area contributed by atoms with Gasteiger partial charge in [0.1, 0.15) is 37.6 Å². The van der Waals surface area contributed by atoms with Gasteiger partial charge < -0.3 is 25.5 Å². The molecule has 1 aliphatic heterocycles. The Labute approximate surface area is 195 Å². The molecule has 1 aliphatic rings.